The number of benzene rings is 1. The molecule has 5 rings (SSSR count). The molecule has 0 aliphatic carbocycles. The molecule has 2 saturated heterocycles. The first-order chi connectivity index (χ1) is 15.5. The van der Waals surface area contributed by atoms with Crippen molar-refractivity contribution in [3.63, 3.8) is 0 Å². The largest absolute Gasteiger partial charge is 0.472 e. The van der Waals surface area contributed by atoms with Gasteiger partial charge in [-0.15, -0.1) is 0 Å². The summed E-state index contributed by atoms with van der Waals surface area (Å²) in [7, 11) is -4.23. The second kappa shape index (κ2) is 8.71. The summed E-state index contributed by atoms with van der Waals surface area (Å²) >= 11 is 1.46. The van der Waals surface area contributed by atoms with Gasteiger partial charge in [-0.25, -0.2) is 19.5 Å². The maximum absolute atomic E-state index is 11.9. The number of aliphatic hydroxyl groups excluding tert-OH is 1. The van der Waals surface area contributed by atoms with Crippen LogP contribution in [0, 0.1) is 0 Å². The van der Waals surface area contributed by atoms with Gasteiger partial charge in [-0.05, 0) is 12.5 Å². The number of phosphoric acid groups is 1. The van der Waals surface area contributed by atoms with Crippen LogP contribution in [0.1, 0.15) is 18.7 Å². The highest BCUT2D eigenvalue weighted by Crippen LogP contribution is 2.53. The summed E-state index contributed by atoms with van der Waals surface area (Å²) in [5.41, 5.74) is 2.12. The molecule has 2 aliphatic heterocycles. The molecule has 4 heterocycles. The Labute approximate surface area is 187 Å². The summed E-state index contributed by atoms with van der Waals surface area (Å²) in [4.78, 5) is 23.1. The molecule has 32 heavy (non-hydrogen) atoms. The molecule has 0 amide bonds. The third-order valence-electron chi connectivity index (χ3n) is 5.22. The van der Waals surface area contributed by atoms with Crippen LogP contribution in [0.4, 0.5) is 5.82 Å². The molecular formula is C19H22N5O6PS. The quantitative estimate of drug-likeness (QED) is 0.354. The Kier molecular flexibility index (Phi) is 5.93. The second-order valence-electron chi connectivity index (χ2n) is 7.35. The lowest BCUT2D eigenvalue weighted by molar-refractivity contribution is -0.0684. The number of aromatic nitrogens is 4. The number of ether oxygens (including phenoxy) is 1. The maximum atomic E-state index is 11.9. The SMILES string of the molecule is CCNc1ncnc2c1nc(SCc1ccccc1)n2[C@@H]1O[C@@H]2COP(=O)(O)O[C@H]2[C@H]1O. The minimum Gasteiger partial charge on any atom is -0.386 e. The number of fused-ring (bicyclic) bond motifs is 2. The van der Waals surface area contributed by atoms with E-state index in [1.807, 2.05) is 37.3 Å². The Bertz CT molecular complexity index is 1160. The third-order valence-corrected chi connectivity index (χ3v) is 7.23. The van der Waals surface area contributed by atoms with Crippen molar-refractivity contribution in [3.05, 3.63) is 42.2 Å². The van der Waals surface area contributed by atoms with Crippen LogP contribution in [0.15, 0.2) is 41.8 Å². The summed E-state index contributed by atoms with van der Waals surface area (Å²) in [6.07, 6.45) is -2.46. The summed E-state index contributed by atoms with van der Waals surface area (Å²) < 4.78 is 29.5. The van der Waals surface area contributed by atoms with Crippen molar-refractivity contribution in [3.8, 4) is 0 Å². The van der Waals surface area contributed by atoms with Crippen molar-refractivity contribution in [2.75, 3.05) is 18.5 Å². The van der Waals surface area contributed by atoms with E-state index < -0.39 is 32.4 Å². The molecule has 0 saturated carbocycles. The van der Waals surface area contributed by atoms with Crippen molar-refractivity contribution in [1.82, 2.24) is 19.5 Å². The normalized spacial score (nSPS) is 29.8. The number of phosphoric ester groups is 1. The number of aliphatic hydroxyl groups is 1. The fourth-order valence-corrected chi connectivity index (χ4v) is 5.73. The number of hydrogen-bond donors (Lipinski definition) is 3. The first-order valence-corrected chi connectivity index (χ1v) is 12.6. The lowest BCUT2D eigenvalue weighted by atomic mass is 10.1. The van der Waals surface area contributed by atoms with E-state index in [1.54, 1.807) is 4.57 Å². The predicted octanol–water partition coefficient (Wildman–Crippen LogP) is 2.32. The van der Waals surface area contributed by atoms with Crippen LogP contribution < -0.4 is 5.32 Å². The van der Waals surface area contributed by atoms with E-state index in [2.05, 4.69) is 15.3 Å². The van der Waals surface area contributed by atoms with Crippen LogP contribution in [0.5, 0.6) is 0 Å². The average Bonchev–Trinajstić information content (AvgIpc) is 3.30. The number of nitrogens with one attached hydrogen (secondary N) is 1. The molecule has 3 aromatic rings. The van der Waals surface area contributed by atoms with E-state index in [0.717, 1.165) is 5.56 Å². The lowest BCUT2D eigenvalue weighted by Crippen LogP contribution is -2.39. The first kappa shape index (κ1) is 21.8. The van der Waals surface area contributed by atoms with E-state index in [9.17, 15) is 14.6 Å². The molecular weight excluding hydrogens is 457 g/mol. The molecule has 2 aliphatic rings. The summed E-state index contributed by atoms with van der Waals surface area (Å²) in [5, 5.41) is 14.7. The van der Waals surface area contributed by atoms with E-state index in [1.165, 1.54) is 18.1 Å². The van der Waals surface area contributed by atoms with Crippen molar-refractivity contribution in [1.29, 1.82) is 0 Å². The highest BCUT2D eigenvalue weighted by molar-refractivity contribution is 7.98. The van der Waals surface area contributed by atoms with E-state index in [-0.39, 0.29) is 6.61 Å². The smallest absolute Gasteiger partial charge is 0.386 e. The zero-order valence-electron chi connectivity index (χ0n) is 17.1. The van der Waals surface area contributed by atoms with E-state index in [0.29, 0.717) is 34.4 Å². The number of rotatable bonds is 6. The minimum absolute atomic E-state index is 0.164. The molecule has 2 fully saturated rings. The number of anilines is 1. The van der Waals surface area contributed by atoms with Crippen molar-refractivity contribution >= 4 is 36.6 Å². The molecule has 11 nitrogen and oxygen atoms in total. The zero-order chi connectivity index (χ0) is 22.3. The molecule has 13 heteroatoms. The van der Waals surface area contributed by atoms with Crippen LogP contribution in [0.2, 0.25) is 0 Å². The van der Waals surface area contributed by atoms with Gasteiger partial charge in [-0.2, -0.15) is 0 Å². The van der Waals surface area contributed by atoms with Crippen molar-refractivity contribution < 1.29 is 28.3 Å². The Balaban J connectivity index is 1.54. The standard InChI is InChI=1S/C19H22N5O6PS/c1-2-20-16-13-17(22-10-21-16)24(19(23-13)32-9-11-6-4-3-5-7-11)18-14(25)15-12(29-18)8-28-31(26,27)30-15/h3-7,10,12,14-15,18,25H,2,8-9H2,1H3,(H,26,27)(H,20,21,22)/t12-,14-,15-,18-/m1/s1. The summed E-state index contributed by atoms with van der Waals surface area (Å²) in [5.74, 6) is 1.21. The second-order valence-corrected chi connectivity index (χ2v) is 9.70. The van der Waals surface area contributed by atoms with Gasteiger partial charge >= 0.3 is 7.82 Å². The Morgan fingerprint density at radius 3 is 2.91 bits per heavy atom. The fraction of sp³-hybridized carbons (Fsp3) is 0.421. The van der Waals surface area contributed by atoms with Gasteiger partial charge in [-0.1, -0.05) is 42.1 Å². The summed E-state index contributed by atoms with van der Waals surface area (Å²) in [6.45, 7) is 2.44. The molecule has 0 radical (unpaired) electrons. The highest BCUT2D eigenvalue weighted by Gasteiger charge is 2.53. The monoisotopic (exact) mass is 479 g/mol. The minimum atomic E-state index is -4.23. The molecule has 0 spiro atoms. The molecule has 1 unspecified atom stereocenters. The lowest BCUT2D eigenvalue weighted by Gasteiger charge is -2.27. The highest BCUT2D eigenvalue weighted by atomic mass is 32.2. The van der Waals surface area contributed by atoms with Crippen molar-refractivity contribution in [2.24, 2.45) is 0 Å². The molecule has 0 bridgehead atoms. The van der Waals surface area contributed by atoms with Gasteiger partial charge in [0.25, 0.3) is 0 Å². The zero-order valence-corrected chi connectivity index (χ0v) is 18.8. The van der Waals surface area contributed by atoms with Crippen LogP contribution in [-0.4, -0.2) is 61.0 Å². The van der Waals surface area contributed by atoms with Gasteiger partial charge in [0.15, 0.2) is 28.4 Å². The Hall–Kier alpha value is -2.05. The van der Waals surface area contributed by atoms with Crippen LogP contribution in [-0.2, 0) is 24.1 Å². The van der Waals surface area contributed by atoms with Crippen LogP contribution in [0.3, 0.4) is 0 Å². The van der Waals surface area contributed by atoms with Gasteiger partial charge in [0.1, 0.15) is 24.6 Å². The van der Waals surface area contributed by atoms with Gasteiger partial charge in [0.2, 0.25) is 0 Å². The van der Waals surface area contributed by atoms with Gasteiger partial charge in [-0.3, -0.25) is 13.6 Å². The average molecular weight is 479 g/mol. The van der Waals surface area contributed by atoms with Gasteiger partial charge in [0, 0.05) is 12.3 Å². The number of nitrogens with zero attached hydrogens (tertiary/aromatic N) is 4. The third kappa shape index (κ3) is 4.03. The van der Waals surface area contributed by atoms with Gasteiger partial charge in [0.05, 0.1) is 6.61 Å². The fourth-order valence-electron chi connectivity index (χ4n) is 3.79. The number of thioether (sulfide) groups is 1. The first-order valence-electron chi connectivity index (χ1n) is 10.1. The van der Waals surface area contributed by atoms with Crippen LogP contribution >= 0.6 is 19.6 Å². The molecule has 2 aromatic heterocycles. The Morgan fingerprint density at radius 2 is 2.12 bits per heavy atom. The predicted molar refractivity (Wildman–Crippen MR) is 116 cm³/mol. The topological polar surface area (TPSA) is 141 Å². The van der Waals surface area contributed by atoms with Gasteiger partial charge < -0.3 is 20.1 Å². The molecule has 3 N–H and O–H groups in total. The Morgan fingerprint density at radius 1 is 1.31 bits per heavy atom. The maximum Gasteiger partial charge on any atom is 0.472 e. The van der Waals surface area contributed by atoms with Crippen molar-refractivity contribution in [2.45, 2.75) is 42.4 Å². The molecule has 170 valence electrons. The molecule has 5 atom stereocenters. The summed E-state index contributed by atoms with van der Waals surface area (Å²) in [6, 6.07) is 9.92. The van der Waals surface area contributed by atoms with Crippen LogP contribution in [0.25, 0.3) is 11.2 Å². The molecule has 1 aromatic carbocycles. The van der Waals surface area contributed by atoms with E-state index >= 15 is 0 Å². The van der Waals surface area contributed by atoms with E-state index in [4.69, 9.17) is 18.8 Å². The number of hydrogen-bond acceptors (Lipinski definition) is 10. The number of imidazole rings is 1.